The van der Waals surface area contributed by atoms with Gasteiger partial charge in [-0.25, -0.2) is 9.37 Å². The van der Waals surface area contributed by atoms with Crippen molar-refractivity contribution >= 4 is 22.5 Å². The molecule has 3 rings (SSSR count). The first-order valence-electron chi connectivity index (χ1n) is 6.72. The molecule has 2 aromatic carbocycles. The Balaban J connectivity index is 2.49. The van der Waals surface area contributed by atoms with Gasteiger partial charge in [0.1, 0.15) is 11.6 Å². The first-order chi connectivity index (χ1) is 10.5. The van der Waals surface area contributed by atoms with Crippen LogP contribution in [0.3, 0.4) is 0 Å². The van der Waals surface area contributed by atoms with Crippen LogP contribution in [0.15, 0.2) is 47.3 Å². The van der Waals surface area contributed by atoms with Gasteiger partial charge in [0.05, 0.1) is 27.7 Å². The molecule has 0 aliphatic rings. The number of nitrogens with two attached hydrogens (primary N) is 1. The van der Waals surface area contributed by atoms with E-state index < -0.39 is 17.4 Å². The summed E-state index contributed by atoms with van der Waals surface area (Å²) >= 11 is 5.96. The fourth-order valence-electron chi connectivity index (χ4n) is 2.36. The van der Waals surface area contributed by atoms with Gasteiger partial charge in [-0.3, -0.25) is 9.36 Å². The Morgan fingerprint density at radius 2 is 1.91 bits per heavy atom. The number of halogens is 2. The predicted molar refractivity (Wildman–Crippen MR) is 84.9 cm³/mol. The van der Waals surface area contributed by atoms with Crippen molar-refractivity contribution in [1.29, 1.82) is 0 Å². The number of hydrogen-bond acceptors (Lipinski definition) is 3. The summed E-state index contributed by atoms with van der Waals surface area (Å²) in [5, 5.41) is -0.175. The highest BCUT2D eigenvalue weighted by molar-refractivity contribution is 6.35. The molecular formula is C16H13ClFN3O. The molecule has 0 fully saturated rings. The highest BCUT2D eigenvalue weighted by Gasteiger charge is 2.18. The van der Waals surface area contributed by atoms with Crippen LogP contribution >= 0.6 is 11.6 Å². The van der Waals surface area contributed by atoms with Gasteiger partial charge in [-0.05, 0) is 31.2 Å². The Morgan fingerprint density at radius 3 is 2.55 bits per heavy atom. The van der Waals surface area contributed by atoms with Gasteiger partial charge in [0, 0.05) is 0 Å². The SMILES string of the molecule is C[C@H](N)c1nc2ccc(F)c(Cl)c2c(=O)n1-c1ccccc1. The van der Waals surface area contributed by atoms with Crippen LogP contribution in [0.1, 0.15) is 18.8 Å². The Morgan fingerprint density at radius 1 is 1.23 bits per heavy atom. The van der Waals surface area contributed by atoms with Crippen LogP contribution in [-0.4, -0.2) is 9.55 Å². The lowest BCUT2D eigenvalue weighted by atomic mass is 10.2. The standard InChI is InChI=1S/C16H13ClFN3O/c1-9(19)15-20-12-8-7-11(18)14(17)13(12)16(22)21(15)10-5-3-2-4-6-10/h2-9H,19H2,1H3/t9-/m0/s1. The summed E-state index contributed by atoms with van der Waals surface area (Å²) in [5.74, 6) is -0.257. The van der Waals surface area contributed by atoms with Crippen LogP contribution in [0.4, 0.5) is 4.39 Å². The minimum atomic E-state index is -0.652. The van der Waals surface area contributed by atoms with E-state index in [1.54, 1.807) is 31.2 Å². The summed E-state index contributed by atoms with van der Waals surface area (Å²) in [5.41, 5.74) is 6.45. The minimum Gasteiger partial charge on any atom is -0.322 e. The number of fused-ring (bicyclic) bond motifs is 1. The molecule has 0 unspecified atom stereocenters. The highest BCUT2D eigenvalue weighted by atomic mass is 35.5. The number of aromatic nitrogens is 2. The second-order valence-electron chi connectivity index (χ2n) is 4.99. The number of benzene rings is 2. The van der Waals surface area contributed by atoms with Crippen LogP contribution in [0.2, 0.25) is 5.02 Å². The molecular weight excluding hydrogens is 305 g/mol. The molecule has 22 heavy (non-hydrogen) atoms. The molecule has 0 radical (unpaired) electrons. The molecule has 1 heterocycles. The molecule has 0 aliphatic carbocycles. The van der Waals surface area contributed by atoms with E-state index in [4.69, 9.17) is 17.3 Å². The zero-order chi connectivity index (χ0) is 15.9. The van der Waals surface area contributed by atoms with Crippen molar-refractivity contribution in [3.63, 3.8) is 0 Å². The average Bonchev–Trinajstić information content (AvgIpc) is 2.51. The summed E-state index contributed by atoms with van der Waals surface area (Å²) < 4.78 is 15.1. The fourth-order valence-corrected chi connectivity index (χ4v) is 2.60. The van der Waals surface area contributed by atoms with E-state index in [0.29, 0.717) is 17.0 Å². The van der Waals surface area contributed by atoms with Crippen molar-refractivity contribution in [2.75, 3.05) is 0 Å². The summed E-state index contributed by atoms with van der Waals surface area (Å²) in [6.45, 7) is 1.73. The second kappa shape index (κ2) is 5.51. The molecule has 0 saturated carbocycles. The molecule has 112 valence electrons. The maximum absolute atomic E-state index is 13.7. The third kappa shape index (κ3) is 2.28. The van der Waals surface area contributed by atoms with E-state index in [9.17, 15) is 9.18 Å². The van der Waals surface area contributed by atoms with Crippen molar-refractivity contribution < 1.29 is 4.39 Å². The minimum absolute atomic E-state index is 0.0509. The third-order valence-corrected chi connectivity index (χ3v) is 3.75. The average molecular weight is 318 g/mol. The normalized spacial score (nSPS) is 12.5. The smallest absolute Gasteiger partial charge is 0.267 e. The zero-order valence-electron chi connectivity index (χ0n) is 11.8. The number of nitrogens with zero attached hydrogens (tertiary/aromatic N) is 2. The van der Waals surface area contributed by atoms with Gasteiger partial charge in [-0.2, -0.15) is 0 Å². The van der Waals surface area contributed by atoms with Crippen LogP contribution in [0.5, 0.6) is 0 Å². The van der Waals surface area contributed by atoms with E-state index in [-0.39, 0.29) is 10.4 Å². The van der Waals surface area contributed by atoms with Gasteiger partial charge in [-0.15, -0.1) is 0 Å². The van der Waals surface area contributed by atoms with Crippen molar-refractivity contribution in [2.24, 2.45) is 5.73 Å². The van der Waals surface area contributed by atoms with Gasteiger partial charge < -0.3 is 5.73 Å². The Hall–Kier alpha value is -2.24. The third-order valence-electron chi connectivity index (χ3n) is 3.38. The monoisotopic (exact) mass is 317 g/mol. The first kappa shape index (κ1) is 14.7. The Labute approximate surface area is 131 Å². The van der Waals surface area contributed by atoms with Crippen LogP contribution in [0, 0.1) is 5.82 Å². The van der Waals surface area contributed by atoms with E-state index >= 15 is 0 Å². The van der Waals surface area contributed by atoms with Crippen LogP contribution < -0.4 is 11.3 Å². The molecule has 2 N–H and O–H groups in total. The number of para-hydroxylation sites is 1. The molecule has 0 spiro atoms. The van der Waals surface area contributed by atoms with Crippen molar-refractivity contribution in [3.05, 3.63) is 69.5 Å². The Bertz CT molecular complexity index is 907. The molecule has 6 heteroatoms. The first-order valence-corrected chi connectivity index (χ1v) is 7.10. The lowest BCUT2D eigenvalue weighted by Gasteiger charge is -2.16. The maximum atomic E-state index is 13.7. The topological polar surface area (TPSA) is 60.9 Å². The lowest BCUT2D eigenvalue weighted by molar-refractivity contribution is 0.629. The van der Waals surface area contributed by atoms with E-state index in [2.05, 4.69) is 4.98 Å². The molecule has 0 bridgehead atoms. The quantitative estimate of drug-likeness (QED) is 0.789. The van der Waals surface area contributed by atoms with E-state index in [1.165, 1.54) is 16.7 Å². The fraction of sp³-hybridized carbons (Fsp3) is 0.125. The van der Waals surface area contributed by atoms with Gasteiger partial charge >= 0.3 is 0 Å². The highest BCUT2D eigenvalue weighted by Crippen LogP contribution is 2.24. The summed E-state index contributed by atoms with van der Waals surface area (Å²) in [6.07, 6.45) is 0. The summed E-state index contributed by atoms with van der Waals surface area (Å²) in [4.78, 5) is 17.2. The molecule has 1 aromatic heterocycles. The van der Waals surface area contributed by atoms with E-state index in [0.717, 1.165) is 0 Å². The van der Waals surface area contributed by atoms with Crippen LogP contribution in [0.25, 0.3) is 16.6 Å². The maximum Gasteiger partial charge on any atom is 0.267 e. The summed E-state index contributed by atoms with van der Waals surface area (Å²) in [6, 6.07) is 11.1. The van der Waals surface area contributed by atoms with Gasteiger partial charge in [0.15, 0.2) is 0 Å². The molecule has 0 saturated heterocycles. The zero-order valence-corrected chi connectivity index (χ0v) is 12.5. The van der Waals surface area contributed by atoms with E-state index in [1.807, 2.05) is 6.07 Å². The predicted octanol–water partition coefficient (Wildman–Crippen LogP) is 3.20. The largest absolute Gasteiger partial charge is 0.322 e. The number of hydrogen-bond donors (Lipinski definition) is 1. The van der Waals surface area contributed by atoms with Gasteiger partial charge in [-0.1, -0.05) is 29.8 Å². The molecule has 0 aliphatic heterocycles. The molecule has 4 nitrogen and oxygen atoms in total. The summed E-state index contributed by atoms with van der Waals surface area (Å²) in [7, 11) is 0. The second-order valence-corrected chi connectivity index (χ2v) is 5.37. The molecule has 0 amide bonds. The van der Waals surface area contributed by atoms with Gasteiger partial charge in [0.2, 0.25) is 0 Å². The van der Waals surface area contributed by atoms with Gasteiger partial charge in [0.25, 0.3) is 5.56 Å². The van der Waals surface area contributed by atoms with Crippen molar-refractivity contribution in [3.8, 4) is 5.69 Å². The van der Waals surface area contributed by atoms with Crippen LogP contribution in [-0.2, 0) is 0 Å². The van der Waals surface area contributed by atoms with Crippen molar-refractivity contribution in [2.45, 2.75) is 13.0 Å². The lowest BCUT2D eigenvalue weighted by Crippen LogP contribution is -2.27. The number of rotatable bonds is 2. The molecule has 1 atom stereocenters. The van der Waals surface area contributed by atoms with Crippen molar-refractivity contribution in [1.82, 2.24) is 9.55 Å². The molecule has 3 aromatic rings. The Kier molecular flexibility index (Phi) is 3.68.